The number of carbonyl (C=O) groups excluding carboxylic acids is 1. The number of aromatic amines is 1. The van der Waals surface area contributed by atoms with Crippen molar-refractivity contribution in [2.24, 2.45) is 5.92 Å². The predicted molar refractivity (Wildman–Crippen MR) is 106 cm³/mol. The lowest BCUT2D eigenvalue weighted by Crippen LogP contribution is -2.46. The molecule has 3 N–H and O–H groups in total. The number of H-pyrrole nitrogens is 1. The molecule has 1 atom stereocenters. The van der Waals surface area contributed by atoms with Crippen LogP contribution in [0.4, 0.5) is 5.82 Å². The molecule has 0 bridgehead atoms. The zero-order valence-electron chi connectivity index (χ0n) is 15.6. The van der Waals surface area contributed by atoms with Crippen LogP contribution in [0.1, 0.15) is 18.4 Å². The van der Waals surface area contributed by atoms with E-state index in [1.807, 2.05) is 30.3 Å². The number of amides is 1. The Bertz CT molecular complexity index is 921. The number of nitrogens with one attached hydrogen (secondary N) is 2. The van der Waals surface area contributed by atoms with Gasteiger partial charge in [0.2, 0.25) is 5.91 Å². The Morgan fingerprint density at radius 3 is 2.75 bits per heavy atom. The zero-order chi connectivity index (χ0) is 19.3. The molecule has 1 aromatic carbocycles. The summed E-state index contributed by atoms with van der Waals surface area (Å²) in [5, 5.41) is 12.7. The van der Waals surface area contributed by atoms with Gasteiger partial charge in [-0.05, 0) is 24.8 Å². The molecule has 0 aliphatic carbocycles. The minimum atomic E-state index is -0.264. The van der Waals surface area contributed by atoms with Gasteiger partial charge in [0.25, 0.3) is 0 Å². The SMILES string of the molecule is O=C(N[C@H](CO)Cc1ccccc1)C1CCN(c2ncnc3nc[nH]c23)CC1. The lowest BCUT2D eigenvalue weighted by molar-refractivity contribution is -0.126. The van der Waals surface area contributed by atoms with Crippen molar-refractivity contribution in [3.63, 3.8) is 0 Å². The maximum Gasteiger partial charge on any atom is 0.223 e. The maximum atomic E-state index is 12.7. The molecule has 1 aliphatic rings. The Labute approximate surface area is 163 Å². The van der Waals surface area contributed by atoms with Crippen molar-refractivity contribution in [2.45, 2.75) is 25.3 Å². The molecule has 0 saturated carbocycles. The van der Waals surface area contributed by atoms with Crippen LogP contribution in [-0.2, 0) is 11.2 Å². The van der Waals surface area contributed by atoms with E-state index in [0.29, 0.717) is 12.1 Å². The van der Waals surface area contributed by atoms with Crippen LogP contribution in [0.5, 0.6) is 0 Å². The minimum absolute atomic E-state index is 0.0176. The fourth-order valence-corrected chi connectivity index (χ4v) is 3.72. The molecule has 2 aromatic heterocycles. The molecular formula is C20H24N6O2. The van der Waals surface area contributed by atoms with Crippen molar-refractivity contribution in [2.75, 3.05) is 24.6 Å². The summed E-state index contributed by atoms with van der Waals surface area (Å²) in [4.78, 5) is 30.7. The van der Waals surface area contributed by atoms with Crippen molar-refractivity contribution in [3.8, 4) is 0 Å². The van der Waals surface area contributed by atoms with Crippen LogP contribution in [0, 0.1) is 5.92 Å². The van der Waals surface area contributed by atoms with Crippen LogP contribution in [-0.4, -0.2) is 56.7 Å². The van der Waals surface area contributed by atoms with Crippen LogP contribution in [0.2, 0.25) is 0 Å². The Balaban J connectivity index is 1.34. The number of imidazole rings is 1. The highest BCUT2D eigenvalue weighted by molar-refractivity contribution is 5.83. The first-order chi connectivity index (χ1) is 13.7. The van der Waals surface area contributed by atoms with Gasteiger partial charge in [0.1, 0.15) is 11.8 Å². The van der Waals surface area contributed by atoms with Crippen molar-refractivity contribution >= 4 is 22.9 Å². The van der Waals surface area contributed by atoms with Gasteiger partial charge in [0.05, 0.1) is 19.0 Å². The van der Waals surface area contributed by atoms with E-state index < -0.39 is 0 Å². The van der Waals surface area contributed by atoms with E-state index in [9.17, 15) is 9.90 Å². The number of aromatic nitrogens is 4. The number of hydrogen-bond acceptors (Lipinski definition) is 6. The van der Waals surface area contributed by atoms with Crippen LogP contribution in [0.3, 0.4) is 0 Å². The number of nitrogens with zero attached hydrogens (tertiary/aromatic N) is 4. The second kappa shape index (κ2) is 8.35. The molecule has 1 fully saturated rings. The summed E-state index contributed by atoms with van der Waals surface area (Å²) in [6.45, 7) is 1.41. The third-order valence-corrected chi connectivity index (χ3v) is 5.26. The molecule has 28 heavy (non-hydrogen) atoms. The number of piperidine rings is 1. The summed E-state index contributed by atoms with van der Waals surface area (Å²) in [5.41, 5.74) is 2.58. The summed E-state index contributed by atoms with van der Waals surface area (Å²) in [5.74, 6) is 0.794. The molecule has 1 saturated heterocycles. The van der Waals surface area contributed by atoms with Gasteiger partial charge in [-0.25, -0.2) is 15.0 Å². The maximum absolute atomic E-state index is 12.7. The Morgan fingerprint density at radius 1 is 1.21 bits per heavy atom. The van der Waals surface area contributed by atoms with E-state index in [4.69, 9.17) is 0 Å². The number of fused-ring (bicyclic) bond motifs is 1. The molecule has 146 valence electrons. The molecular weight excluding hydrogens is 356 g/mol. The molecule has 1 aliphatic heterocycles. The quantitative estimate of drug-likeness (QED) is 0.595. The molecule has 4 rings (SSSR count). The number of aliphatic hydroxyl groups excluding tert-OH is 1. The molecule has 1 amide bonds. The van der Waals surface area contributed by atoms with Gasteiger partial charge in [-0.2, -0.15) is 0 Å². The van der Waals surface area contributed by atoms with E-state index in [0.717, 1.165) is 42.8 Å². The standard InChI is InChI=1S/C20H24N6O2/c27-11-16(10-14-4-2-1-3-5-14)25-20(28)15-6-8-26(9-7-15)19-17-18(22-12-21-17)23-13-24-19/h1-5,12-13,15-16,27H,6-11H2,(H,25,28)(H,21,22,23,24)/t16-/m0/s1. The summed E-state index contributed by atoms with van der Waals surface area (Å²) < 4.78 is 0. The summed E-state index contributed by atoms with van der Waals surface area (Å²) in [7, 11) is 0. The second-order valence-corrected chi connectivity index (χ2v) is 7.14. The first-order valence-corrected chi connectivity index (χ1v) is 9.59. The van der Waals surface area contributed by atoms with Gasteiger partial charge in [0.15, 0.2) is 11.5 Å². The van der Waals surface area contributed by atoms with Crippen LogP contribution in [0.25, 0.3) is 11.2 Å². The van der Waals surface area contributed by atoms with Crippen LogP contribution >= 0.6 is 0 Å². The first-order valence-electron chi connectivity index (χ1n) is 9.59. The predicted octanol–water partition coefficient (Wildman–Crippen LogP) is 1.29. The molecule has 3 aromatic rings. The van der Waals surface area contributed by atoms with Crippen molar-refractivity contribution in [1.82, 2.24) is 25.3 Å². The summed E-state index contributed by atoms with van der Waals surface area (Å²) in [6, 6.07) is 9.63. The third kappa shape index (κ3) is 3.96. The Morgan fingerprint density at radius 2 is 2.00 bits per heavy atom. The fourth-order valence-electron chi connectivity index (χ4n) is 3.72. The first kappa shape index (κ1) is 18.4. The number of carbonyl (C=O) groups is 1. The Hall–Kier alpha value is -3.00. The molecule has 0 spiro atoms. The number of hydrogen-bond donors (Lipinski definition) is 3. The molecule has 3 heterocycles. The van der Waals surface area contributed by atoms with Gasteiger partial charge in [-0.15, -0.1) is 0 Å². The van der Waals surface area contributed by atoms with Gasteiger partial charge >= 0.3 is 0 Å². The van der Waals surface area contributed by atoms with Crippen molar-refractivity contribution in [3.05, 3.63) is 48.5 Å². The van der Waals surface area contributed by atoms with E-state index in [1.165, 1.54) is 6.33 Å². The topological polar surface area (TPSA) is 107 Å². The number of aliphatic hydroxyl groups is 1. The highest BCUT2D eigenvalue weighted by atomic mass is 16.3. The average molecular weight is 380 g/mol. The molecule has 0 radical (unpaired) electrons. The van der Waals surface area contributed by atoms with Gasteiger partial charge in [0, 0.05) is 19.0 Å². The monoisotopic (exact) mass is 380 g/mol. The highest BCUT2D eigenvalue weighted by Gasteiger charge is 2.28. The van der Waals surface area contributed by atoms with Crippen LogP contribution in [0.15, 0.2) is 43.0 Å². The molecule has 8 heteroatoms. The fraction of sp³-hybridized carbons (Fsp3) is 0.400. The van der Waals surface area contributed by atoms with Gasteiger partial charge in [-0.3, -0.25) is 4.79 Å². The third-order valence-electron chi connectivity index (χ3n) is 5.26. The minimum Gasteiger partial charge on any atom is -0.394 e. The summed E-state index contributed by atoms with van der Waals surface area (Å²) >= 11 is 0. The highest BCUT2D eigenvalue weighted by Crippen LogP contribution is 2.25. The molecule has 8 nitrogen and oxygen atoms in total. The van der Waals surface area contributed by atoms with Crippen molar-refractivity contribution in [1.29, 1.82) is 0 Å². The van der Waals surface area contributed by atoms with E-state index in [1.54, 1.807) is 6.33 Å². The average Bonchev–Trinajstić information content (AvgIpc) is 3.23. The van der Waals surface area contributed by atoms with Gasteiger partial charge < -0.3 is 20.3 Å². The van der Waals surface area contributed by atoms with Crippen LogP contribution < -0.4 is 10.2 Å². The zero-order valence-corrected chi connectivity index (χ0v) is 15.6. The summed E-state index contributed by atoms with van der Waals surface area (Å²) in [6.07, 6.45) is 5.25. The number of benzene rings is 1. The largest absolute Gasteiger partial charge is 0.394 e. The number of anilines is 1. The Kier molecular flexibility index (Phi) is 5.48. The smallest absolute Gasteiger partial charge is 0.223 e. The lowest BCUT2D eigenvalue weighted by atomic mass is 9.95. The lowest BCUT2D eigenvalue weighted by Gasteiger charge is -2.32. The van der Waals surface area contributed by atoms with Gasteiger partial charge in [-0.1, -0.05) is 30.3 Å². The van der Waals surface area contributed by atoms with E-state index >= 15 is 0 Å². The second-order valence-electron chi connectivity index (χ2n) is 7.14. The molecule has 0 unspecified atom stereocenters. The normalized spacial score (nSPS) is 16.2. The van der Waals surface area contributed by atoms with Crippen molar-refractivity contribution < 1.29 is 9.90 Å². The van der Waals surface area contributed by atoms with E-state index in [2.05, 4.69) is 30.2 Å². The van der Waals surface area contributed by atoms with E-state index in [-0.39, 0.29) is 24.5 Å². The number of rotatable bonds is 6.